The van der Waals surface area contributed by atoms with E-state index in [0.717, 1.165) is 12.5 Å². The zero-order valence-corrected chi connectivity index (χ0v) is 11.5. The van der Waals surface area contributed by atoms with E-state index in [9.17, 15) is 16.8 Å². The van der Waals surface area contributed by atoms with Gasteiger partial charge in [-0.2, -0.15) is 8.61 Å². The average molecular weight is 270 g/mol. The van der Waals surface area contributed by atoms with Crippen LogP contribution in [0.1, 0.15) is 13.8 Å². The second-order valence-corrected chi connectivity index (χ2v) is 8.23. The first kappa shape index (κ1) is 13.9. The predicted octanol–water partition coefficient (Wildman–Crippen LogP) is -0.700. The van der Waals surface area contributed by atoms with E-state index in [1.165, 1.54) is 8.61 Å². The van der Waals surface area contributed by atoms with Crippen molar-refractivity contribution < 1.29 is 16.8 Å². The fourth-order valence-corrected chi connectivity index (χ4v) is 4.40. The monoisotopic (exact) mass is 270 g/mol. The summed E-state index contributed by atoms with van der Waals surface area (Å²) in [6, 6.07) is -0.637. The molecule has 1 saturated heterocycles. The van der Waals surface area contributed by atoms with Crippen molar-refractivity contribution in [2.75, 3.05) is 25.6 Å². The Morgan fingerprint density at radius 2 is 1.06 bits per heavy atom. The summed E-state index contributed by atoms with van der Waals surface area (Å²) in [6.07, 6.45) is 2.29. The molecule has 0 aromatic carbocycles. The van der Waals surface area contributed by atoms with Gasteiger partial charge in [-0.1, -0.05) is 0 Å². The van der Waals surface area contributed by atoms with Crippen LogP contribution in [0.3, 0.4) is 0 Å². The highest BCUT2D eigenvalue weighted by atomic mass is 32.2. The molecule has 0 N–H and O–H groups in total. The molecule has 0 amide bonds. The molecule has 1 aliphatic heterocycles. The number of hydrogen-bond acceptors (Lipinski definition) is 4. The quantitative estimate of drug-likeness (QED) is 0.665. The molecule has 1 rings (SSSR count). The van der Waals surface area contributed by atoms with Crippen LogP contribution in [0.25, 0.3) is 0 Å². The van der Waals surface area contributed by atoms with Crippen LogP contribution < -0.4 is 0 Å². The van der Waals surface area contributed by atoms with Crippen molar-refractivity contribution in [3.05, 3.63) is 0 Å². The van der Waals surface area contributed by atoms with Gasteiger partial charge in [-0.15, -0.1) is 0 Å². The summed E-state index contributed by atoms with van der Waals surface area (Å²) in [4.78, 5) is 0. The minimum atomic E-state index is -3.27. The molecule has 0 aliphatic carbocycles. The van der Waals surface area contributed by atoms with Gasteiger partial charge in [-0.25, -0.2) is 16.8 Å². The molecule has 0 aromatic rings. The smallest absolute Gasteiger partial charge is 0.211 e. The second-order valence-electron chi connectivity index (χ2n) is 4.36. The van der Waals surface area contributed by atoms with Crippen LogP contribution in [0, 0.1) is 0 Å². The second kappa shape index (κ2) is 4.25. The molecule has 1 heterocycles. The average Bonchev–Trinajstić information content (AvgIpc) is 2.04. The molecule has 0 saturated carbocycles. The minimum Gasteiger partial charge on any atom is -0.212 e. The summed E-state index contributed by atoms with van der Waals surface area (Å²) in [6.45, 7) is 3.86. The molecule has 16 heavy (non-hydrogen) atoms. The van der Waals surface area contributed by atoms with E-state index in [1.807, 2.05) is 0 Å². The van der Waals surface area contributed by atoms with Crippen molar-refractivity contribution in [1.82, 2.24) is 8.61 Å². The number of hydrogen-bond donors (Lipinski definition) is 0. The molecule has 6 nitrogen and oxygen atoms in total. The van der Waals surface area contributed by atoms with Crippen molar-refractivity contribution in [3.8, 4) is 0 Å². The van der Waals surface area contributed by atoms with Gasteiger partial charge in [0.2, 0.25) is 20.0 Å². The number of rotatable bonds is 2. The van der Waals surface area contributed by atoms with Crippen LogP contribution in [0.5, 0.6) is 0 Å². The Kier molecular flexibility index (Phi) is 3.68. The van der Waals surface area contributed by atoms with Crippen molar-refractivity contribution in [2.24, 2.45) is 0 Å². The minimum absolute atomic E-state index is 0.215. The lowest BCUT2D eigenvalue weighted by Gasteiger charge is -2.41. The molecule has 0 unspecified atom stereocenters. The first-order chi connectivity index (χ1) is 7.03. The van der Waals surface area contributed by atoms with Gasteiger partial charge in [0.25, 0.3) is 0 Å². The van der Waals surface area contributed by atoms with Crippen LogP contribution in [-0.2, 0) is 20.0 Å². The van der Waals surface area contributed by atoms with Crippen molar-refractivity contribution in [3.63, 3.8) is 0 Å². The maximum absolute atomic E-state index is 11.5. The number of piperazine rings is 1. The molecule has 2 atom stereocenters. The molecule has 96 valence electrons. The summed E-state index contributed by atoms with van der Waals surface area (Å²) in [5, 5.41) is 0. The topological polar surface area (TPSA) is 74.8 Å². The maximum atomic E-state index is 11.5. The Bertz CT molecular complexity index is 412. The Morgan fingerprint density at radius 1 is 0.812 bits per heavy atom. The van der Waals surface area contributed by atoms with Crippen LogP contribution in [0.4, 0.5) is 0 Å². The summed E-state index contributed by atoms with van der Waals surface area (Å²) in [7, 11) is -6.53. The van der Waals surface area contributed by atoms with E-state index in [2.05, 4.69) is 0 Å². The lowest BCUT2D eigenvalue weighted by atomic mass is 10.2. The molecular weight excluding hydrogens is 252 g/mol. The van der Waals surface area contributed by atoms with E-state index in [1.54, 1.807) is 13.8 Å². The zero-order valence-electron chi connectivity index (χ0n) is 9.91. The normalized spacial score (nSPS) is 30.5. The van der Waals surface area contributed by atoms with Gasteiger partial charge in [0.1, 0.15) is 0 Å². The standard InChI is InChI=1S/C8H18N2O4S2/c1-7-5-10(16(4,13)14)8(2)6-9(7)15(3,11)12/h7-8H,5-6H2,1-4H3/t7-,8-/m0/s1. The SMILES string of the molecule is C[C@H]1CN(S(C)(=O)=O)[C@@H](C)CN1S(C)(=O)=O. The van der Waals surface area contributed by atoms with Crippen LogP contribution in [0.15, 0.2) is 0 Å². The molecule has 0 aromatic heterocycles. The lowest BCUT2D eigenvalue weighted by molar-refractivity contribution is 0.165. The largest absolute Gasteiger partial charge is 0.212 e. The predicted molar refractivity (Wildman–Crippen MR) is 62.0 cm³/mol. The van der Waals surface area contributed by atoms with E-state index in [0.29, 0.717) is 0 Å². The molecule has 0 spiro atoms. The number of nitrogens with zero attached hydrogens (tertiary/aromatic N) is 2. The third-order valence-corrected chi connectivity index (χ3v) is 5.45. The van der Waals surface area contributed by atoms with Crippen molar-refractivity contribution in [2.45, 2.75) is 25.9 Å². The lowest BCUT2D eigenvalue weighted by Crippen LogP contribution is -2.58. The Morgan fingerprint density at radius 3 is 1.25 bits per heavy atom. The van der Waals surface area contributed by atoms with Gasteiger partial charge in [0, 0.05) is 25.2 Å². The van der Waals surface area contributed by atoms with Crippen LogP contribution in [0.2, 0.25) is 0 Å². The van der Waals surface area contributed by atoms with Gasteiger partial charge >= 0.3 is 0 Å². The van der Waals surface area contributed by atoms with Gasteiger partial charge in [0.15, 0.2) is 0 Å². The highest BCUT2D eigenvalue weighted by Crippen LogP contribution is 2.19. The van der Waals surface area contributed by atoms with Crippen LogP contribution in [-0.4, -0.2) is 63.1 Å². The molecule has 1 fully saturated rings. The molecule has 1 aliphatic rings. The fraction of sp³-hybridized carbons (Fsp3) is 1.00. The summed E-state index contributed by atoms with van der Waals surface area (Å²) >= 11 is 0. The highest BCUT2D eigenvalue weighted by molar-refractivity contribution is 7.88. The van der Waals surface area contributed by atoms with E-state index >= 15 is 0 Å². The first-order valence-corrected chi connectivity index (χ1v) is 8.66. The number of sulfonamides is 2. The third-order valence-electron chi connectivity index (χ3n) is 2.72. The third kappa shape index (κ3) is 2.93. The molecular formula is C8H18N2O4S2. The van der Waals surface area contributed by atoms with Gasteiger partial charge < -0.3 is 0 Å². The first-order valence-electron chi connectivity index (χ1n) is 4.97. The van der Waals surface area contributed by atoms with E-state index < -0.39 is 20.0 Å². The van der Waals surface area contributed by atoms with E-state index in [-0.39, 0.29) is 25.2 Å². The summed E-state index contributed by atoms with van der Waals surface area (Å²) in [5.41, 5.74) is 0. The molecule has 0 bridgehead atoms. The zero-order chi connectivity index (χ0) is 12.7. The Hall–Kier alpha value is -0.180. The van der Waals surface area contributed by atoms with Crippen molar-refractivity contribution >= 4 is 20.0 Å². The maximum Gasteiger partial charge on any atom is 0.211 e. The van der Waals surface area contributed by atoms with Gasteiger partial charge in [-0.05, 0) is 13.8 Å². The Labute approximate surface area is 97.3 Å². The Balaban J connectivity index is 2.96. The van der Waals surface area contributed by atoms with Crippen LogP contribution >= 0.6 is 0 Å². The summed E-state index contributed by atoms with van der Waals surface area (Å²) in [5.74, 6) is 0. The fourth-order valence-electron chi connectivity index (χ4n) is 1.99. The summed E-state index contributed by atoms with van der Waals surface area (Å²) < 4.78 is 48.5. The van der Waals surface area contributed by atoms with E-state index in [4.69, 9.17) is 0 Å². The highest BCUT2D eigenvalue weighted by Gasteiger charge is 2.37. The molecule has 0 radical (unpaired) electrons. The molecule has 8 heteroatoms. The van der Waals surface area contributed by atoms with Gasteiger partial charge in [-0.3, -0.25) is 0 Å². The van der Waals surface area contributed by atoms with Gasteiger partial charge in [0.05, 0.1) is 12.5 Å². The van der Waals surface area contributed by atoms with Crippen molar-refractivity contribution in [1.29, 1.82) is 0 Å².